The Bertz CT molecular complexity index is 570. The number of rotatable bonds is 3. The van der Waals surface area contributed by atoms with Gasteiger partial charge in [-0.15, -0.1) is 0 Å². The molecule has 1 heterocycles. The maximum absolute atomic E-state index is 11.1. The number of aliphatic carboxylic acids is 1. The van der Waals surface area contributed by atoms with Gasteiger partial charge in [-0.3, -0.25) is 4.79 Å². The first-order valence-corrected chi connectivity index (χ1v) is 5.57. The molecule has 90 valence electrons. The molecule has 0 bridgehead atoms. The van der Waals surface area contributed by atoms with Gasteiger partial charge in [0.15, 0.2) is 0 Å². The number of aromatic nitrogens is 2. The molecule has 4 heteroatoms. The molecule has 1 aromatic carbocycles. The van der Waals surface area contributed by atoms with Crippen LogP contribution in [0.5, 0.6) is 0 Å². The molecule has 1 aromatic heterocycles. The molecule has 0 aliphatic heterocycles. The monoisotopic (exact) mass is 232 g/mol. The minimum atomic E-state index is -0.811. The quantitative estimate of drug-likeness (QED) is 0.854. The minimum absolute atomic E-state index is 0.399. The van der Waals surface area contributed by atoms with Gasteiger partial charge >= 0.3 is 5.97 Å². The zero-order valence-corrected chi connectivity index (χ0v) is 10.2. The van der Waals surface area contributed by atoms with Gasteiger partial charge in [0.1, 0.15) is 5.82 Å². The fraction of sp³-hybridized carbons (Fsp3) is 0.385. The Balaban J connectivity index is 2.34. The number of aromatic amines is 1. The van der Waals surface area contributed by atoms with Gasteiger partial charge in [-0.25, -0.2) is 4.98 Å². The molecule has 2 aromatic rings. The topological polar surface area (TPSA) is 66.0 Å². The highest BCUT2D eigenvalue weighted by atomic mass is 16.4. The largest absolute Gasteiger partial charge is 0.481 e. The molecule has 2 N–H and O–H groups in total. The van der Waals surface area contributed by atoms with Crippen LogP contribution in [0.1, 0.15) is 25.2 Å². The number of carboxylic acid groups (broad SMARTS) is 1. The molecule has 0 saturated heterocycles. The molecule has 2 rings (SSSR count). The molecule has 0 radical (unpaired) electrons. The normalized spacial score (nSPS) is 11.9. The number of nitrogens with one attached hydrogen (secondary N) is 1. The second kappa shape index (κ2) is 3.87. The molecule has 0 unspecified atom stereocenters. The number of carbonyl (C=O) groups is 1. The molecular formula is C13H16N2O2. The van der Waals surface area contributed by atoms with E-state index in [2.05, 4.69) is 9.97 Å². The van der Waals surface area contributed by atoms with Gasteiger partial charge < -0.3 is 10.1 Å². The maximum Gasteiger partial charge on any atom is 0.309 e. The number of nitrogens with zero attached hydrogens (tertiary/aromatic N) is 1. The van der Waals surface area contributed by atoms with Crippen molar-refractivity contribution in [2.75, 3.05) is 0 Å². The van der Waals surface area contributed by atoms with E-state index in [1.54, 1.807) is 13.8 Å². The van der Waals surface area contributed by atoms with E-state index in [9.17, 15) is 4.79 Å². The summed E-state index contributed by atoms with van der Waals surface area (Å²) in [6, 6.07) is 5.95. The lowest BCUT2D eigenvalue weighted by molar-refractivity contribution is -0.146. The average Bonchev–Trinajstić information content (AvgIpc) is 2.57. The summed E-state index contributed by atoms with van der Waals surface area (Å²) in [6.07, 6.45) is 0.399. The number of hydrogen-bond acceptors (Lipinski definition) is 2. The van der Waals surface area contributed by atoms with Crippen molar-refractivity contribution < 1.29 is 9.90 Å². The molecule has 0 atom stereocenters. The van der Waals surface area contributed by atoms with E-state index in [0.29, 0.717) is 6.42 Å². The standard InChI is InChI=1S/C13H16N2O2/c1-8-4-5-9-10(6-8)15-11(14-9)7-13(2,3)12(16)17/h4-6H,7H2,1-3H3,(H,14,15)(H,16,17). The summed E-state index contributed by atoms with van der Waals surface area (Å²) < 4.78 is 0. The summed E-state index contributed by atoms with van der Waals surface area (Å²) in [5.41, 5.74) is 2.20. The first-order valence-electron chi connectivity index (χ1n) is 5.57. The van der Waals surface area contributed by atoms with Crippen LogP contribution in [-0.2, 0) is 11.2 Å². The van der Waals surface area contributed by atoms with Crippen LogP contribution in [0.2, 0.25) is 0 Å². The van der Waals surface area contributed by atoms with Crippen LogP contribution in [0.4, 0.5) is 0 Å². The van der Waals surface area contributed by atoms with E-state index in [1.807, 2.05) is 25.1 Å². The van der Waals surface area contributed by atoms with Crippen molar-refractivity contribution in [3.05, 3.63) is 29.6 Å². The van der Waals surface area contributed by atoms with Crippen LogP contribution in [-0.4, -0.2) is 21.0 Å². The van der Waals surface area contributed by atoms with Crippen molar-refractivity contribution in [2.24, 2.45) is 5.41 Å². The fourth-order valence-electron chi connectivity index (χ4n) is 1.75. The van der Waals surface area contributed by atoms with Gasteiger partial charge in [-0.2, -0.15) is 0 Å². The second-order valence-corrected chi connectivity index (χ2v) is 5.07. The minimum Gasteiger partial charge on any atom is -0.481 e. The average molecular weight is 232 g/mol. The van der Waals surface area contributed by atoms with Gasteiger partial charge in [0.2, 0.25) is 0 Å². The Hall–Kier alpha value is -1.84. The van der Waals surface area contributed by atoms with Crippen molar-refractivity contribution in [3.63, 3.8) is 0 Å². The third-order valence-corrected chi connectivity index (χ3v) is 2.87. The van der Waals surface area contributed by atoms with Crippen molar-refractivity contribution in [2.45, 2.75) is 27.2 Å². The molecule has 0 fully saturated rings. The zero-order chi connectivity index (χ0) is 12.6. The van der Waals surface area contributed by atoms with Gasteiger partial charge in [-0.05, 0) is 38.5 Å². The van der Waals surface area contributed by atoms with E-state index in [-0.39, 0.29) is 0 Å². The number of imidazole rings is 1. The van der Waals surface area contributed by atoms with Crippen LogP contribution in [0, 0.1) is 12.3 Å². The Labute approximate surface area is 99.7 Å². The summed E-state index contributed by atoms with van der Waals surface area (Å²) in [7, 11) is 0. The Kier molecular flexibility index (Phi) is 2.65. The Morgan fingerprint density at radius 3 is 2.82 bits per heavy atom. The van der Waals surface area contributed by atoms with E-state index < -0.39 is 11.4 Å². The Morgan fingerprint density at radius 1 is 1.47 bits per heavy atom. The van der Waals surface area contributed by atoms with Gasteiger partial charge in [0.05, 0.1) is 16.4 Å². The first kappa shape index (κ1) is 11.6. The molecule has 0 aliphatic carbocycles. The van der Waals surface area contributed by atoms with Gasteiger partial charge in [0, 0.05) is 6.42 Å². The number of aryl methyl sites for hydroxylation is 1. The fourth-order valence-corrected chi connectivity index (χ4v) is 1.75. The zero-order valence-electron chi connectivity index (χ0n) is 10.2. The molecular weight excluding hydrogens is 216 g/mol. The predicted octanol–water partition coefficient (Wildman–Crippen LogP) is 2.52. The van der Waals surface area contributed by atoms with Gasteiger partial charge in [0.25, 0.3) is 0 Å². The van der Waals surface area contributed by atoms with Crippen molar-refractivity contribution in [3.8, 4) is 0 Å². The SMILES string of the molecule is Cc1ccc2nc(CC(C)(C)C(=O)O)[nH]c2c1. The lowest BCUT2D eigenvalue weighted by atomic mass is 9.89. The molecule has 0 spiro atoms. The highest BCUT2D eigenvalue weighted by Gasteiger charge is 2.28. The lowest BCUT2D eigenvalue weighted by Crippen LogP contribution is -2.26. The molecule has 0 aliphatic rings. The summed E-state index contributed by atoms with van der Waals surface area (Å²) >= 11 is 0. The summed E-state index contributed by atoms with van der Waals surface area (Å²) in [6.45, 7) is 5.42. The molecule has 0 amide bonds. The van der Waals surface area contributed by atoms with E-state index in [0.717, 1.165) is 22.4 Å². The molecule has 4 nitrogen and oxygen atoms in total. The van der Waals surface area contributed by atoms with Crippen molar-refractivity contribution >= 4 is 17.0 Å². The van der Waals surface area contributed by atoms with Crippen LogP contribution < -0.4 is 0 Å². The smallest absolute Gasteiger partial charge is 0.309 e. The maximum atomic E-state index is 11.1. The van der Waals surface area contributed by atoms with Crippen LogP contribution in [0.15, 0.2) is 18.2 Å². The number of H-pyrrole nitrogens is 1. The molecule has 0 saturated carbocycles. The van der Waals surface area contributed by atoms with E-state index in [4.69, 9.17) is 5.11 Å². The number of hydrogen-bond donors (Lipinski definition) is 2. The summed E-state index contributed by atoms with van der Waals surface area (Å²) in [5.74, 6) is -0.0906. The Morgan fingerprint density at radius 2 is 2.18 bits per heavy atom. The third-order valence-electron chi connectivity index (χ3n) is 2.87. The highest BCUT2D eigenvalue weighted by molar-refractivity contribution is 5.77. The molecule has 17 heavy (non-hydrogen) atoms. The summed E-state index contributed by atoms with van der Waals surface area (Å²) in [5, 5.41) is 9.08. The van der Waals surface area contributed by atoms with Crippen molar-refractivity contribution in [1.82, 2.24) is 9.97 Å². The highest BCUT2D eigenvalue weighted by Crippen LogP contribution is 2.22. The summed E-state index contributed by atoms with van der Waals surface area (Å²) in [4.78, 5) is 18.6. The predicted molar refractivity (Wildman–Crippen MR) is 66.0 cm³/mol. The lowest BCUT2D eigenvalue weighted by Gasteiger charge is -2.16. The number of fused-ring (bicyclic) bond motifs is 1. The van der Waals surface area contributed by atoms with E-state index in [1.165, 1.54) is 0 Å². The van der Waals surface area contributed by atoms with Crippen molar-refractivity contribution in [1.29, 1.82) is 0 Å². The van der Waals surface area contributed by atoms with E-state index >= 15 is 0 Å². The van der Waals surface area contributed by atoms with Crippen LogP contribution in [0.25, 0.3) is 11.0 Å². The second-order valence-electron chi connectivity index (χ2n) is 5.07. The number of benzene rings is 1. The first-order chi connectivity index (χ1) is 7.88. The van der Waals surface area contributed by atoms with Gasteiger partial charge in [-0.1, -0.05) is 6.07 Å². The van der Waals surface area contributed by atoms with Crippen LogP contribution in [0.3, 0.4) is 0 Å². The third kappa shape index (κ3) is 2.30. The van der Waals surface area contributed by atoms with Crippen LogP contribution >= 0.6 is 0 Å². The number of carboxylic acids is 1.